The number of nitrogens with zero attached hydrogens (tertiary/aromatic N) is 1. The maximum absolute atomic E-state index is 13.0. The molecule has 142 valence electrons. The summed E-state index contributed by atoms with van der Waals surface area (Å²) in [5.41, 5.74) is 2.62. The molecule has 0 aliphatic carbocycles. The minimum atomic E-state index is -0.475. The third-order valence-electron chi connectivity index (χ3n) is 4.81. The molecule has 1 amide bonds. The standard InChI is InChI=1S/C22H26N2O3/c1-15(2)13-19(22(26)27-3)23-20-17-11-7-8-12-18(17)21(25)24(20)14-16-9-5-4-6-10-16/h4-12,15,19-20,23H,13-14H2,1-3H3/t19-,20-/m0/s1. The number of carbonyl (C=O) groups excluding carboxylic acids is 2. The molecule has 0 aromatic heterocycles. The van der Waals surface area contributed by atoms with Gasteiger partial charge in [-0.05, 0) is 24.0 Å². The Bertz CT molecular complexity index is 804. The van der Waals surface area contributed by atoms with Gasteiger partial charge in [-0.2, -0.15) is 0 Å². The molecule has 5 nitrogen and oxygen atoms in total. The van der Waals surface area contributed by atoms with Gasteiger partial charge in [0, 0.05) is 17.7 Å². The van der Waals surface area contributed by atoms with Crippen molar-refractivity contribution in [3.8, 4) is 0 Å². The molecule has 0 radical (unpaired) electrons. The van der Waals surface area contributed by atoms with E-state index < -0.39 is 6.04 Å². The molecular formula is C22H26N2O3. The van der Waals surface area contributed by atoms with Crippen LogP contribution in [0.3, 0.4) is 0 Å². The molecule has 27 heavy (non-hydrogen) atoms. The van der Waals surface area contributed by atoms with Crippen molar-refractivity contribution in [3.63, 3.8) is 0 Å². The van der Waals surface area contributed by atoms with Crippen molar-refractivity contribution < 1.29 is 14.3 Å². The predicted molar refractivity (Wildman–Crippen MR) is 104 cm³/mol. The summed E-state index contributed by atoms with van der Waals surface area (Å²) in [5, 5.41) is 3.39. The first-order valence-corrected chi connectivity index (χ1v) is 9.29. The number of rotatable bonds is 7. The van der Waals surface area contributed by atoms with Crippen LogP contribution in [0, 0.1) is 5.92 Å². The van der Waals surface area contributed by atoms with Gasteiger partial charge in [-0.1, -0.05) is 62.4 Å². The minimum Gasteiger partial charge on any atom is -0.468 e. The first kappa shape index (κ1) is 19.1. The molecule has 0 bridgehead atoms. The third-order valence-corrected chi connectivity index (χ3v) is 4.81. The number of fused-ring (bicyclic) bond motifs is 1. The number of benzene rings is 2. The molecule has 2 aromatic carbocycles. The maximum Gasteiger partial charge on any atom is 0.322 e. The van der Waals surface area contributed by atoms with Crippen LogP contribution in [0.5, 0.6) is 0 Å². The van der Waals surface area contributed by atoms with Gasteiger partial charge in [0.2, 0.25) is 0 Å². The number of methoxy groups -OCH3 is 1. The summed E-state index contributed by atoms with van der Waals surface area (Å²) in [6.45, 7) is 4.60. The number of amides is 1. The van der Waals surface area contributed by atoms with Crippen LogP contribution < -0.4 is 5.32 Å². The Morgan fingerprint density at radius 2 is 1.78 bits per heavy atom. The highest BCUT2D eigenvalue weighted by atomic mass is 16.5. The Kier molecular flexibility index (Phi) is 5.91. The van der Waals surface area contributed by atoms with E-state index in [1.165, 1.54) is 7.11 Å². The zero-order valence-electron chi connectivity index (χ0n) is 16.0. The molecule has 1 N–H and O–H groups in total. The summed E-state index contributed by atoms with van der Waals surface area (Å²) in [6.07, 6.45) is 0.273. The van der Waals surface area contributed by atoms with E-state index in [9.17, 15) is 9.59 Å². The number of carbonyl (C=O) groups is 2. The Morgan fingerprint density at radius 1 is 1.11 bits per heavy atom. The Balaban J connectivity index is 1.92. The quantitative estimate of drug-likeness (QED) is 0.762. The van der Waals surface area contributed by atoms with Crippen molar-refractivity contribution >= 4 is 11.9 Å². The minimum absolute atomic E-state index is 0.0277. The van der Waals surface area contributed by atoms with Gasteiger partial charge in [-0.3, -0.25) is 14.9 Å². The number of hydrogen-bond donors (Lipinski definition) is 1. The number of ether oxygens (including phenoxy) is 1. The van der Waals surface area contributed by atoms with Crippen molar-refractivity contribution in [2.45, 2.75) is 39.0 Å². The van der Waals surface area contributed by atoms with Gasteiger partial charge in [0.15, 0.2) is 0 Å². The van der Waals surface area contributed by atoms with Crippen LogP contribution in [-0.4, -0.2) is 29.9 Å². The van der Waals surface area contributed by atoms with Gasteiger partial charge in [0.05, 0.1) is 7.11 Å². The van der Waals surface area contributed by atoms with Crippen molar-refractivity contribution in [2.75, 3.05) is 7.11 Å². The second kappa shape index (κ2) is 8.35. The molecule has 1 aliphatic rings. The van der Waals surface area contributed by atoms with E-state index >= 15 is 0 Å². The summed E-state index contributed by atoms with van der Waals surface area (Å²) in [7, 11) is 1.40. The Labute approximate surface area is 160 Å². The summed E-state index contributed by atoms with van der Waals surface area (Å²) >= 11 is 0. The molecule has 1 heterocycles. The zero-order chi connectivity index (χ0) is 19.4. The van der Waals surface area contributed by atoms with Gasteiger partial charge in [-0.25, -0.2) is 0 Å². The average molecular weight is 366 g/mol. The first-order valence-electron chi connectivity index (χ1n) is 9.29. The van der Waals surface area contributed by atoms with Gasteiger partial charge < -0.3 is 9.64 Å². The number of nitrogens with one attached hydrogen (secondary N) is 1. The van der Waals surface area contributed by atoms with E-state index in [0.29, 0.717) is 24.4 Å². The number of esters is 1. The third kappa shape index (κ3) is 4.19. The van der Waals surface area contributed by atoms with Crippen molar-refractivity contribution in [2.24, 2.45) is 5.92 Å². The SMILES string of the molecule is COC(=O)[C@H](CC(C)C)N[C@@H]1c2ccccc2C(=O)N1Cc1ccccc1. The maximum atomic E-state index is 13.0. The molecule has 1 aliphatic heterocycles. The summed E-state index contributed by atoms with van der Waals surface area (Å²) in [5.74, 6) is -0.0168. The molecule has 0 spiro atoms. The molecule has 2 aromatic rings. The van der Waals surface area contributed by atoms with E-state index in [1.807, 2.05) is 54.6 Å². The van der Waals surface area contributed by atoms with Crippen LogP contribution in [-0.2, 0) is 16.1 Å². The van der Waals surface area contributed by atoms with E-state index in [4.69, 9.17) is 4.74 Å². The fraction of sp³-hybridized carbons (Fsp3) is 0.364. The zero-order valence-corrected chi connectivity index (χ0v) is 16.0. The largest absolute Gasteiger partial charge is 0.468 e. The molecule has 5 heteroatoms. The van der Waals surface area contributed by atoms with Crippen molar-refractivity contribution in [1.29, 1.82) is 0 Å². The topological polar surface area (TPSA) is 58.6 Å². The van der Waals surface area contributed by atoms with E-state index in [0.717, 1.165) is 11.1 Å². The lowest BCUT2D eigenvalue weighted by Crippen LogP contribution is -2.46. The van der Waals surface area contributed by atoms with Gasteiger partial charge >= 0.3 is 5.97 Å². The Morgan fingerprint density at radius 3 is 2.44 bits per heavy atom. The van der Waals surface area contributed by atoms with Crippen LogP contribution in [0.15, 0.2) is 54.6 Å². The molecule has 3 rings (SSSR count). The lowest BCUT2D eigenvalue weighted by atomic mass is 10.0. The van der Waals surface area contributed by atoms with Gasteiger partial charge in [0.1, 0.15) is 12.2 Å². The van der Waals surface area contributed by atoms with Crippen LogP contribution in [0.4, 0.5) is 0 Å². The molecule has 0 saturated carbocycles. The normalized spacial score (nSPS) is 17.1. The van der Waals surface area contributed by atoms with Crippen LogP contribution >= 0.6 is 0 Å². The van der Waals surface area contributed by atoms with Crippen molar-refractivity contribution in [1.82, 2.24) is 10.2 Å². The van der Waals surface area contributed by atoms with Gasteiger partial charge in [-0.15, -0.1) is 0 Å². The predicted octanol–water partition coefficient (Wildman–Crippen LogP) is 3.52. The van der Waals surface area contributed by atoms with Gasteiger partial charge in [0.25, 0.3) is 5.91 Å². The highest BCUT2D eigenvalue weighted by Gasteiger charge is 2.38. The highest BCUT2D eigenvalue weighted by Crippen LogP contribution is 2.33. The second-order valence-corrected chi connectivity index (χ2v) is 7.28. The molecule has 2 atom stereocenters. The van der Waals surface area contributed by atoms with E-state index in [1.54, 1.807) is 4.90 Å². The lowest BCUT2D eigenvalue weighted by Gasteiger charge is -2.30. The smallest absolute Gasteiger partial charge is 0.322 e. The van der Waals surface area contributed by atoms with Crippen LogP contribution in [0.1, 0.15) is 47.9 Å². The molecule has 0 saturated heterocycles. The molecule has 0 unspecified atom stereocenters. The number of hydrogen-bond acceptors (Lipinski definition) is 4. The van der Waals surface area contributed by atoms with E-state index in [2.05, 4.69) is 19.2 Å². The van der Waals surface area contributed by atoms with Crippen LogP contribution in [0.2, 0.25) is 0 Å². The Hall–Kier alpha value is -2.66. The summed E-state index contributed by atoms with van der Waals surface area (Å²) in [4.78, 5) is 27.1. The second-order valence-electron chi connectivity index (χ2n) is 7.28. The molecular weight excluding hydrogens is 340 g/mol. The van der Waals surface area contributed by atoms with Crippen molar-refractivity contribution in [3.05, 3.63) is 71.3 Å². The summed E-state index contributed by atoms with van der Waals surface area (Å²) < 4.78 is 4.99. The monoisotopic (exact) mass is 366 g/mol. The summed E-state index contributed by atoms with van der Waals surface area (Å²) in [6, 6.07) is 17.0. The fourth-order valence-corrected chi connectivity index (χ4v) is 3.53. The van der Waals surface area contributed by atoms with E-state index in [-0.39, 0.29) is 18.0 Å². The first-order chi connectivity index (χ1) is 13.0. The molecule has 0 fully saturated rings. The highest BCUT2D eigenvalue weighted by molar-refractivity contribution is 5.99. The average Bonchev–Trinajstić information content (AvgIpc) is 2.93. The lowest BCUT2D eigenvalue weighted by molar-refractivity contribution is -0.144. The fourth-order valence-electron chi connectivity index (χ4n) is 3.53. The van der Waals surface area contributed by atoms with Crippen LogP contribution in [0.25, 0.3) is 0 Å².